The molecule has 6 heteroatoms. The van der Waals surface area contributed by atoms with Crippen LogP contribution in [0.15, 0.2) is 23.1 Å². The zero-order valence-corrected chi connectivity index (χ0v) is 13.7. The summed E-state index contributed by atoms with van der Waals surface area (Å²) < 4.78 is 0. The van der Waals surface area contributed by atoms with Crippen molar-refractivity contribution in [3.8, 4) is 0 Å². The van der Waals surface area contributed by atoms with Crippen LogP contribution in [0.2, 0.25) is 5.02 Å². The highest BCUT2D eigenvalue weighted by Crippen LogP contribution is 2.38. The van der Waals surface area contributed by atoms with Crippen molar-refractivity contribution in [1.82, 2.24) is 5.32 Å². The van der Waals surface area contributed by atoms with Gasteiger partial charge in [-0.1, -0.05) is 24.9 Å². The van der Waals surface area contributed by atoms with Crippen molar-refractivity contribution in [3.63, 3.8) is 0 Å². The first-order valence-electron chi connectivity index (χ1n) is 7.06. The summed E-state index contributed by atoms with van der Waals surface area (Å²) in [7, 11) is 0. The zero-order valence-electron chi connectivity index (χ0n) is 12.1. The van der Waals surface area contributed by atoms with E-state index in [1.807, 2.05) is 13.0 Å². The maximum Gasteiger partial charge on any atom is 0.238 e. The lowest BCUT2D eigenvalue weighted by molar-refractivity contribution is -0.124. The summed E-state index contributed by atoms with van der Waals surface area (Å²) in [5.74, 6) is -0.228. The lowest BCUT2D eigenvalue weighted by Crippen LogP contribution is -2.38. The summed E-state index contributed by atoms with van der Waals surface area (Å²) in [6.07, 6.45) is 2.15. The van der Waals surface area contributed by atoms with Gasteiger partial charge < -0.3 is 10.6 Å². The van der Waals surface area contributed by atoms with Crippen LogP contribution in [-0.2, 0) is 9.59 Å². The minimum atomic E-state index is -0.396. The van der Waals surface area contributed by atoms with Gasteiger partial charge in [-0.2, -0.15) is 0 Å². The van der Waals surface area contributed by atoms with E-state index in [4.69, 9.17) is 11.6 Å². The van der Waals surface area contributed by atoms with Gasteiger partial charge in [0.2, 0.25) is 11.8 Å². The Morgan fingerprint density at radius 3 is 3.00 bits per heavy atom. The Hall–Kier alpha value is -1.20. The molecule has 1 aromatic rings. The summed E-state index contributed by atoms with van der Waals surface area (Å²) in [6, 6.07) is 5.52. The van der Waals surface area contributed by atoms with Gasteiger partial charge in [0.15, 0.2) is 0 Å². The van der Waals surface area contributed by atoms with Crippen LogP contribution in [0.5, 0.6) is 0 Å². The molecule has 1 aliphatic rings. The van der Waals surface area contributed by atoms with Gasteiger partial charge in [-0.15, -0.1) is 11.8 Å². The fourth-order valence-corrected chi connectivity index (χ4v) is 3.53. The van der Waals surface area contributed by atoms with Gasteiger partial charge in [-0.3, -0.25) is 9.59 Å². The molecule has 0 saturated heterocycles. The Labute approximate surface area is 134 Å². The SMILES string of the molecule is CCC[C@H](C)NC(=O)C[C@@H]1Sc2ccc(Cl)cc2NC1=O. The highest BCUT2D eigenvalue weighted by molar-refractivity contribution is 8.01. The monoisotopic (exact) mass is 326 g/mol. The van der Waals surface area contributed by atoms with Crippen LogP contribution in [0.1, 0.15) is 33.1 Å². The van der Waals surface area contributed by atoms with Gasteiger partial charge in [0.1, 0.15) is 0 Å². The molecule has 1 heterocycles. The second-order valence-corrected chi connectivity index (χ2v) is 6.88. The molecule has 2 atom stereocenters. The number of hydrogen-bond donors (Lipinski definition) is 2. The number of carbonyl (C=O) groups excluding carboxylic acids is 2. The first-order chi connectivity index (χ1) is 9.99. The fraction of sp³-hybridized carbons (Fsp3) is 0.467. The normalized spacial score (nSPS) is 18.6. The van der Waals surface area contributed by atoms with E-state index >= 15 is 0 Å². The van der Waals surface area contributed by atoms with Gasteiger partial charge in [0.25, 0.3) is 0 Å². The number of thioether (sulfide) groups is 1. The number of halogens is 1. The molecule has 0 fully saturated rings. The molecule has 0 radical (unpaired) electrons. The van der Waals surface area contributed by atoms with E-state index in [0.29, 0.717) is 10.7 Å². The quantitative estimate of drug-likeness (QED) is 0.871. The third-order valence-corrected chi connectivity index (χ3v) is 4.77. The van der Waals surface area contributed by atoms with Crippen molar-refractivity contribution in [2.45, 2.75) is 49.3 Å². The summed E-state index contributed by atoms with van der Waals surface area (Å²) in [6.45, 7) is 4.06. The standard InChI is InChI=1S/C15H19ClN2O2S/c1-3-4-9(2)17-14(19)8-13-15(20)18-11-7-10(16)5-6-12(11)21-13/h5-7,9,13H,3-4,8H2,1-2H3,(H,17,19)(H,18,20)/t9-,13-/m0/s1. The van der Waals surface area contributed by atoms with E-state index < -0.39 is 5.25 Å². The number of nitrogens with one attached hydrogen (secondary N) is 2. The minimum Gasteiger partial charge on any atom is -0.354 e. The third-order valence-electron chi connectivity index (χ3n) is 3.26. The van der Waals surface area contributed by atoms with Crippen molar-refractivity contribution in [2.75, 3.05) is 5.32 Å². The zero-order chi connectivity index (χ0) is 15.4. The predicted octanol–water partition coefficient (Wildman–Crippen LogP) is 3.45. The number of amides is 2. The first kappa shape index (κ1) is 16.2. The number of hydrogen-bond acceptors (Lipinski definition) is 3. The molecule has 0 unspecified atom stereocenters. The summed E-state index contributed by atoms with van der Waals surface area (Å²) in [5, 5.41) is 5.93. The number of anilines is 1. The molecule has 0 aliphatic carbocycles. The van der Waals surface area contributed by atoms with E-state index in [2.05, 4.69) is 17.6 Å². The molecule has 0 saturated carbocycles. The maximum atomic E-state index is 12.1. The van der Waals surface area contributed by atoms with Crippen molar-refractivity contribution in [2.24, 2.45) is 0 Å². The maximum absolute atomic E-state index is 12.1. The Kier molecular flexibility index (Phi) is 5.53. The van der Waals surface area contributed by atoms with Crippen molar-refractivity contribution in [1.29, 1.82) is 0 Å². The minimum absolute atomic E-state index is 0.0824. The van der Waals surface area contributed by atoms with Crippen LogP contribution in [0.3, 0.4) is 0 Å². The molecule has 2 rings (SSSR count). The largest absolute Gasteiger partial charge is 0.354 e. The molecular formula is C15H19ClN2O2S. The summed E-state index contributed by atoms with van der Waals surface area (Å²) >= 11 is 7.32. The second-order valence-electron chi connectivity index (χ2n) is 5.20. The Morgan fingerprint density at radius 2 is 2.29 bits per heavy atom. The average molecular weight is 327 g/mol. The first-order valence-corrected chi connectivity index (χ1v) is 8.31. The third kappa shape index (κ3) is 4.38. The highest BCUT2D eigenvalue weighted by atomic mass is 35.5. The van der Waals surface area contributed by atoms with Gasteiger partial charge >= 0.3 is 0 Å². The topological polar surface area (TPSA) is 58.2 Å². The van der Waals surface area contributed by atoms with E-state index in [0.717, 1.165) is 17.7 Å². The predicted molar refractivity (Wildman–Crippen MR) is 86.9 cm³/mol. The average Bonchev–Trinajstić information content (AvgIpc) is 2.40. The van der Waals surface area contributed by atoms with Gasteiger partial charge in [0.05, 0.1) is 10.9 Å². The molecule has 0 aromatic heterocycles. The van der Waals surface area contributed by atoms with Crippen LogP contribution in [0.4, 0.5) is 5.69 Å². The lowest BCUT2D eigenvalue weighted by atomic mass is 10.2. The Balaban J connectivity index is 1.97. The molecule has 1 aromatic carbocycles. The number of carbonyl (C=O) groups is 2. The molecule has 1 aliphatic heterocycles. The van der Waals surface area contributed by atoms with Crippen LogP contribution in [-0.4, -0.2) is 23.1 Å². The van der Waals surface area contributed by atoms with Gasteiger partial charge in [-0.25, -0.2) is 0 Å². The van der Waals surface area contributed by atoms with E-state index in [-0.39, 0.29) is 24.3 Å². The van der Waals surface area contributed by atoms with E-state index in [9.17, 15) is 9.59 Å². The van der Waals surface area contributed by atoms with Gasteiger partial charge in [-0.05, 0) is 31.5 Å². The van der Waals surface area contributed by atoms with Crippen molar-refractivity contribution >= 4 is 40.9 Å². The molecule has 21 heavy (non-hydrogen) atoms. The van der Waals surface area contributed by atoms with Crippen molar-refractivity contribution in [3.05, 3.63) is 23.2 Å². The van der Waals surface area contributed by atoms with Crippen LogP contribution in [0, 0.1) is 0 Å². The highest BCUT2D eigenvalue weighted by Gasteiger charge is 2.29. The molecule has 2 N–H and O–H groups in total. The smallest absolute Gasteiger partial charge is 0.238 e. The molecular weight excluding hydrogens is 308 g/mol. The van der Waals surface area contributed by atoms with E-state index in [1.165, 1.54) is 11.8 Å². The number of rotatable bonds is 5. The summed E-state index contributed by atoms with van der Waals surface area (Å²) in [4.78, 5) is 25.0. The molecule has 114 valence electrons. The van der Waals surface area contributed by atoms with Crippen LogP contribution < -0.4 is 10.6 Å². The van der Waals surface area contributed by atoms with Crippen LogP contribution in [0.25, 0.3) is 0 Å². The van der Waals surface area contributed by atoms with Crippen molar-refractivity contribution < 1.29 is 9.59 Å². The van der Waals surface area contributed by atoms with Crippen LogP contribution >= 0.6 is 23.4 Å². The molecule has 4 nitrogen and oxygen atoms in total. The number of benzene rings is 1. The van der Waals surface area contributed by atoms with Gasteiger partial charge in [0, 0.05) is 22.4 Å². The Bertz CT molecular complexity index is 550. The lowest BCUT2D eigenvalue weighted by Gasteiger charge is -2.24. The fourth-order valence-electron chi connectivity index (χ4n) is 2.26. The molecule has 2 amide bonds. The van der Waals surface area contributed by atoms with E-state index in [1.54, 1.807) is 12.1 Å². The number of fused-ring (bicyclic) bond motifs is 1. The second kappa shape index (κ2) is 7.18. The molecule has 0 bridgehead atoms. The Morgan fingerprint density at radius 1 is 1.52 bits per heavy atom. The summed E-state index contributed by atoms with van der Waals surface area (Å²) in [5.41, 5.74) is 0.716. The molecule has 0 spiro atoms.